The Morgan fingerprint density at radius 3 is 2.82 bits per heavy atom. The van der Waals surface area contributed by atoms with Crippen LogP contribution in [0.5, 0.6) is 0 Å². The number of benzene rings is 1. The minimum Gasteiger partial charge on any atom is -0.368 e. The summed E-state index contributed by atoms with van der Waals surface area (Å²) >= 11 is 3.53. The Morgan fingerprint density at radius 1 is 1.47 bits per heavy atom. The number of anilines is 1. The van der Waals surface area contributed by atoms with Crippen molar-refractivity contribution in [3.05, 3.63) is 28.2 Å². The first kappa shape index (κ1) is 12.4. The summed E-state index contributed by atoms with van der Waals surface area (Å²) in [5.41, 5.74) is 6.97. The predicted octanol–water partition coefficient (Wildman–Crippen LogP) is 2.93. The molecule has 17 heavy (non-hydrogen) atoms. The van der Waals surface area contributed by atoms with Crippen molar-refractivity contribution in [3.8, 4) is 0 Å². The van der Waals surface area contributed by atoms with Crippen molar-refractivity contribution in [2.45, 2.75) is 32.2 Å². The van der Waals surface area contributed by atoms with Gasteiger partial charge in [-0.15, -0.1) is 0 Å². The van der Waals surface area contributed by atoms with Crippen molar-refractivity contribution in [1.29, 1.82) is 0 Å². The Kier molecular flexibility index (Phi) is 3.72. The first-order valence-corrected chi connectivity index (χ1v) is 6.75. The van der Waals surface area contributed by atoms with E-state index in [1.807, 2.05) is 6.07 Å². The molecule has 1 unspecified atom stereocenters. The van der Waals surface area contributed by atoms with Crippen LogP contribution in [0.25, 0.3) is 0 Å². The number of carbonyl (C=O) groups excluding carboxylic acids is 1. The van der Waals surface area contributed by atoms with Crippen molar-refractivity contribution in [1.82, 2.24) is 0 Å². The summed E-state index contributed by atoms with van der Waals surface area (Å²) in [5.74, 6) is -0.385. The van der Waals surface area contributed by atoms with E-state index >= 15 is 0 Å². The largest absolute Gasteiger partial charge is 0.368 e. The zero-order valence-corrected chi connectivity index (χ0v) is 11.5. The summed E-state index contributed by atoms with van der Waals surface area (Å²) in [6, 6.07) is 6.13. The van der Waals surface area contributed by atoms with Crippen LogP contribution < -0.4 is 10.6 Å². The fourth-order valence-corrected chi connectivity index (χ4v) is 2.96. The quantitative estimate of drug-likeness (QED) is 0.912. The van der Waals surface area contributed by atoms with Crippen LogP contribution in [0.3, 0.4) is 0 Å². The van der Waals surface area contributed by atoms with Crippen molar-refractivity contribution in [3.63, 3.8) is 0 Å². The van der Waals surface area contributed by atoms with Gasteiger partial charge in [0.15, 0.2) is 0 Å². The van der Waals surface area contributed by atoms with Gasteiger partial charge in [0.2, 0.25) is 5.91 Å². The van der Waals surface area contributed by atoms with Gasteiger partial charge in [0.1, 0.15) is 0 Å². The summed E-state index contributed by atoms with van der Waals surface area (Å²) in [7, 11) is 0. The number of amides is 1. The number of nitrogens with two attached hydrogens (primary N) is 1. The maximum absolute atomic E-state index is 11.1. The van der Waals surface area contributed by atoms with Crippen LogP contribution in [-0.2, 0) is 0 Å². The average molecular weight is 297 g/mol. The zero-order chi connectivity index (χ0) is 12.4. The molecule has 1 aliphatic rings. The van der Waals surface area contributed by atoms with Crippen molar-refractivity contribution < 1.29 is 4.79 Å². The highest BCUT2D eigenvalue weighted by Gasteiger charge is 2.20. The number of nitrogens with zero attached hydrogens (tertiary/aromatic N) is 1. The molecule has 0 spiro atoms. The number of carbonyl (C=O) groups is 1. The number of piperidine rings is 1. The fourth-order valence-electron chi connectivity index (χ4n) is 2.35. The first-order chi connectivity index (χ1) is 8.09. The van der Waals surface area contributed by atoms with Crippen LogP contribution >= 0.6 is 15.9 Å². The van der Waals surface area contributed by atoms with Gasteiger partial charge in [-0.3, -0.25) is 4.79 Å². The van der Waals surface area contributed by atoms with E-state index in [1.54, 1.807) is 12.1 Å². The highest BCUT2D eigenvalue weighted by atomic mass is 79.9. The van der Waals surface area contributed by atoms with Crippen molar-refractivity contribution in [2.24, 2.45) is 5.73 Å². The fraction of sp³-hybridized carbons (Fsp3) is 0.462. The molecular weight excluding hydrogens is 280 g/mol. The van der Waals surface area contributed by atoms with Gasteiger partial charge in [-0.25, -0.2) is 0 Å². The van der Waals surface area contributed by atoms with Gasteiger partial charge >= 0.3 is 0 Å². The molecule has 92 valence electrons. The smallest absolute Gasteiger partial charge is 0.248 e. The third-order valence-corrected chi connectivity index (χ3v) is 3.98. The number of halogens is 1. The van der Waals surface area contributed by atoms with Crippen LogP contribution in [0.15, 0.2) is 22.7 Å². The standard InChI is InChI=1S/C13H17BrN2O/c1-9-4-2-3-7-16(9)12-6-5-10(13(15)17)8-11(12)14/h5-6,8-9H,2-4,7H2,1H3,(H2,15,17). The van der Waals surface area contributed by atoms with Crippen molar-refractivity contribution >= 4 is 27.5 Å². The molecule has 2 N–H and O–H groups in total. The lowest BCUT2D eigenvalue weighted by Gasteiger charge is -2.36. The van der Waals surface area contributed by atoms with Gasteiger partial charge in [-0.2, -0.15) is 0 Å². The number of hydrogen-bond acceptors (Lipinski definition) is 2. The zero-order valence-electron chi connectivity index (χ0n) is 9.95. The summed E-state index contributed by atoms with van der Waals surface area (Å²) < 4.78 is 0.947. The van der Waals surface area contributed by atoms with E-state index in [1.165, 1.54) is 19.3 Å². The SMILES string of the molecule is CC1CCCCN1c1ccc(C(N)=O)cc1Br. The summed E-state index contributed by atoms with van der Waals surface area (Å²) in [6.45, 7) is 3.32. The molecule has 4 heteroatoms. The van der Waals surface area contributed by atoms with Crippen LogP contribution in [0.1, 0.15) is 36.5 Å². The molecule has 0 saturated carbocycles. The van der Waals surface area contributed by atoms with Crippen molar-refractivity contribution in [2.75, 3.05) is 11.4 Å². The summed E-state index contributed by atoms with van der Waals surface area (Å²) in [5, 5.41) is 0. The van der Waals surface area contributed by atoms with Crippen LogP contribution in [0.2, 0.25) is 0 Å². The summed E-state index contributed by atoms with van der Waals surface area (Å²) in [6.07, 6.45) is 3.76. The highest BCUT2D eigenvalue weighted by Crippen LogP contribution is 2.31. The van der Waals surface area contributed by atoms with Crippen LogP contribution in [-0.4, -0.2) is 18.5 Å². The first-order valence-electron chi connectivity index (χ1n) is 5.95. The normalized spacial score (nSPS) is 20.4. The third-order valence-electron chi connectivity index (χ3n) is 3.34. The van der Waals surface area contributed by atoms with E-state index in [-0.39, 0.29) is 5.91 Å². The molecule has 1 aliphatic heterocycles. The Labute approximate surface area is 110 Å². The molecule has 3 nitrogen and oxygen atoms in total. The second kappa shape index (κ2) is 5.08. The Bertz CT molecular complexity index is 433. The Balaban J connectivity index is 2.29. The lowest BCUT2D eigenvalue weighted by molar-refractivity contribution is 0.100. The third kappa shape index (κ3) is 2.63. The minimum absolute atomic E-state index is 0.385. The molecule has 1 fully saturated rings. The maximum atomic E-state index is 11.1. The van der Waals surface area contributed by atoms with Gasteiger partial charge in [0.25, 0.3) is 0 Å². The number of hydrogen-bond donors (Lipinski definition) is 1. The van der Waals surface area contributed by atoms with Gasteiger partial charge in [0.05, 0.1) is 5.69 Å². The Hall–Kier alpha value is -1.03. The van der Waals surface area contributed by atoms with E-state index in [4.69, 9.17) is 5.73 Å². The average Bonchev–Trinajstić information content (AvgIpc) is 2.30. The van der Waals surface area contributed by atoms with Crippen LogP contribution in [0, 0.1) is 0 Å². The molecule has 1 heterocycles. The second-order valence-electron chi connectivity index (χ2n) is 4.57. The van der Waals surface area contributed by atoms with E-state index in [0.29, 0.717) is 11.6 Å². The topological polar surface area (TPSA) is 46.3 Å². The van der Waals surface area contributed by atoms with Gasteiger partial charge in [-0.05, 0) is 60.3 Å². The van der Waals surface area contributed by atoms with Gasteiger partial charge < -0.3 is 10.6 Å². The van der Waals surface area contributed by atoms with E-state index in [2.05, 4.69) is 27.8 Å². The minimum atomic E-state index is -0.385. The molecular formula is C13H17BrN2O. The molecule has 0 radical (unpaired) electrons. The molecule has 1 aromatic carbocycles. The second-order valence-corrected chi connectivity index (χ2v) is 5.42. The van der Waals surface area contributed by atoms with E-state index in [0.717, 1.165) is 16.7 Å². The number of rotatable bonds is 2. The number of primary amides is 1. The molecule has 1 aromatic rings. The molecule has 0 aromatic heterocycles. The van der Waals surface area contributed by atoms with Gasteiger partial charge in [-0.1, -0.05) is 0 Å². The predicted molar refractivity (Wildman–Crippen MR) is 73.3 cm³/mol. The lowest BCUT2D eigenvalue weighted by Crippen LogP contribution is -2.37. The summed E-state index contributed by atoms with van der Waals surface area (Å²) in [4.78, 5) is 13.5. The maximum Gasteiger partial charge on any atom is 0.248 e. The molecule has 1 saturated heterocycles. The Morgan fingerprint density at radius 2 is 2.24 bits per heavy atom. The molecule has 0 aliphatic carbocycles. The van der Waals surface area contributed by atoms with E-state index in [9.17, 15) is 4.79 Å². The molecule has 1 atom stereocenters. The highest BCUT2D eigenvalue weighted by molar-refractivity contribution is 9.10. The van der Waals surface area contributed by atoms with E-state index < -0.39 is 0 Å². The molecule has 0 bridgehead atoms. The lowest BCUT2D eigenvalue weighted by atomic mass is 10.0. The van der Waals surface area contributed by atoms with Gasteiger partial charge in [0, 0.05) is 22.6 Å². The molecule has 2 rings (SSSR count). The van der Waals surface area contributed by atoms with Crippen LogP contribution in [0.4, 0.5) is 5.69 Å². The molecule has 1 amide bonds. The monoisotopic (exact) mass is 296 g/mol.